The van der Waals surface area contributed by atoms with Gasteiger partial charge in [-0.3, -0.25) is 34.4 Å². The molecule has 3 rings (SSSR count). The van der Waals surface area contributed by atoms with E-state index in [1.165, 1.54) is 25.1 Å². The van der Waals surface area contributed by atoms with E-state index in [2.05, 4.69) is 5.32 Å². The summed E-state index contributed by atoms with van der Waals surface area (Å²) >= 11 is 0. The number of fused-ring (bicyclic) bond motifs is 1. The van der Waals surface area contributed by atoms with Gasteiger partial charge in [0.25, 0.3) is 23.1 Å². The van der Waals surface area contributed by atoms with Crippen LogP contribution in [-0.2, 0) is 0 Å². The smallest absolute Gasteiger partial charge is 0.272 e. The molecule has 23 heavy (non-hydrogen) atoms. The van der Waals surface area contributed by atoms with Crippen LogP contribution in [0.3, 0.4) is 0 Å². The largest absolute Gasteiger partial charge is 0.384 e. The molecule has 0 bridgehead atoms. The highest BCUT2D eigenvalue weighted by Crippen LogP contribution is 2.25. The zero-order chi connectivity index (χ0) is 16.9. The number of nitro groups is 1. The first kappa shape index (κ1) is 14.4. The zero-order valence-corrected chi connectivity index (χ0v) is 11.8. The third-order valence-corrected chi connectivity index (χ3v) is 3.59. The SMILES string of the molecule is Cc1cc(-n2c(N)c3c(cc2=O)C(=O)NC3=O)ccc1[N+](=O)[O-]. The Labute approximate surface area is 128 Å². The highest BCUT2D eigenvalue weighted by Gasteiger charge is 2.31. The first-order valence-electron chi connectivity index (χ1n) is 6.48. The number of amides is 2. The van der Waals surface area contributed by atoms with Crippen molar-refractivity contribution in [3.8, 4) is 5.69 Å². The van der Waals surface area contributed by atoms with Crippen molar-refractivity contribution < 1.29 is 14.5 Å². The Morgan fingerprint density at radius 1 is 1.17 bits per heavy atom. The number of rotatable bonds is 2. The molecule has 2 aromatic rings. The van der Waals surface area contributed by atoms with Crippen LogP contribution in [0.1, 0.15) is 26.3 Å². The van der Waals surface area contributed by atoms with Crippen LogP contribution in [0, 0.1) is 17.0 Å². The summed E-state index contributed by atoms with van der Waals surface area (Å²) in [5.74, 6) is -1.56. The zero-order valence-electron chi connectivity index (χ0n) is 11.8. The van der Waals surface area contributed by atoms with Crippen molar-refractivity contribution in [2.24, 2.45) is 0 Å². The van der Waals surface area contributed by atoms with Crippen molar-refractivity contribution in [2.45, 2.75) is 6.92 Å². The number of carbonyl (C=O) groups excluding carboxylic acids is 2. The number of nitrogen functional groups attached to an aromatic ring is 1. The van der Waals surface area contributed by atoms with Gasteiger partial charge in [-0.25, -0.2) is 0 Å². The molecule has 2 amide bonds. The van der Waals surface area contributed by atoms with Gasteiger partial charge in [-0.05, 0) is 19.1 Å². The van der Waals surface area contributed by atoms with Crippen LogP contribution in [0.5, 0.6) is 0 Å². The number of aromatic nitrogens is 1. The van der Waals surface area contributed by atoms with Crippen LogP contribution < -0.4 is 16.6 Å². The lowest BCUT2D eigenvalue weighted by Gasteiger charge is -2.12. The number of anilines is 1. The minimum Gasteiger partial charge on any atom is -0.384 e. The van der Waals surface area contributed by atoms with E-state index in [9.17, 15) is 24.5 Å². The summed E-state index contributed by atoms with van der Waals surface area (Å²) in [7, 11) is 0. The summed E-state index contributed by atoms with van der Waals surface area (Å²) in [5, 5.41) is 12.9. The van der Waals surface area contributed by atoms with Crippen molar-refractivity contribution >= 4 is 23.3 Å². The van der Waals surface area contributed by atoms with Crippen molar-refractivity contribution in [1.29, 1.82) is 0 Å². The fraction of sp³-hybridized carbons (Fsp3) is 0.0714. The lowest BCUT2D eigenvalue weighted by atomic mass is 10.1. The van der Waals surface area contributed by atoms with Gasteiger partial charge in [0.15, 0.2) is 0 Å². The second-order valence-corrected chi connectivity index (χ2v) is 5.00. The summed E-state index contributed by atoms with van der Waals surface area (Å²) in [5.41, 5.74) is 5.62. The molecule has 0 radical (unpaired) electrons. The van der Waals surface area contributed by atoms with E-state index in [-0.39, 0.29) is 28.3 Å². The third-order valence-electron chi connectivity index (χ3n) is 3.59. The van der Waals surface area contributed by atoms with Gasteiger partial charge in [0.1, 0.15) is 5.82 Å². The fourth-order valence-corrected chi connectivity index (χ4v) is 2.53. The number of imide groups is 1. The normalized spacial score (nSPS) is 12.9. The highest BCUT2D eigenvalue weighted by molar-refractivity contribution is 6.23. The van der Waals surface area contributed by atoms with Gasteiger partial charge in [-0.15, -0.1) is 0 Å². The third kappa shape index (κ3) is 2.06. The lowest BCUT2D eigenvalue weighted by Crippen LogP contribution is -2.24. The molecule has 2 heterocycles. The molecule has 1 aliphatic heterocycles. The molecule has 0 unspecified atom stereocenters. The van der Waals surface area contributed by atoms with E-state index < -0.39 is 22.3 Å². The van der Waals surface area contributed by atoms with Crippen molar-refractivity contribution in [1.82, 2.24) is 9.88 Å². The van der Waals surface area contributed by atoms with Gasteiger partial charge in [0.2, 0.25) is 0 Å². The minimum atomic E-state index is -0.685. The number of benzene rings is 1. The summed E-state index contributed by atoms with van der Waals surface area (Å²) in [6.07, 6.45) is 0. The number of carbonyl (C=O) groups is 2. The van der Waals surface area contributed by atoms with E-state index in [0.29, 0.717) is 5.56 Å². The second kappa shape index (κ2) is 4.77. The number of nitrogens with one attached hydrogen (secondary N) is 1. The maximum Gasteiger partial charge on any atom is 0.272 e. The van der Waals surface area contributed by atoms with Crippen LogP contribution in [0.4, 0.5) is 11.5 Å². The molecule has 1 aromatic carbocycles. The molecule has 1 aliphatic rings. The van der Waals surface area contributed by atoms with Gasteiger partial charge in [0, 0.05) is 17.7 Å². The average Bonchev–Trinajstić information content (AvgIpc) is 2.73. The topological polar surface area (TPSA) is 137 Å². The molecule has 116 valence electrons. The Hall–Kier alpha value is -3.49. The van der Waals surface area contributed by atoms with Crippen LogP contribution in [0.25, 0.3) is 5.69 Å². The monoisotopic (exact) mass is 314 g/mol. The van der Waals surface area contributed by atoms with Crippen LogP contribution >= 0.6 is 0 Å². The minimum absolute atomic E-state index is 0.0765. The van der Waals surface area contributed by atoms with Gasteiger partial charge < -0.3 is 5.73 Å². The van der Waals surface area contributed by atoms with E-state index >= 15 is 0 Å². The number of aryl methyl sites for hydroxylation is 1. The molecular formula is C14H10N4O5. The second-order valence-electron chi connectivity index (χ2n) is 5.00. The van der Waals surface area contributed by atoms with Gasteiger partial charge in [0.05, 0.1) is 21.7 Å². The number of nitro benzene ring substituents is 1. The molecule has 0 atom stereocenters. The maximum absolute atomic E-state index is 12.2. The van der Waals surface area contributed by atoms with Crippen molar-refractivity contribution in [3.05, 3.63) is 61.4 Å². The lowest BCUT2D eigenvalue weighted by molar-refractivity contribution is -0.385. The molecule has 0 spiro atoms. The van der Waals surface area contributed by atoms with Crippen LogP contribution in [-0.4, -0.2) is 21.3 Å². The number of nitrogens with two attached hydrogens (primary N) is 1. The summed E-state index contributed by atoms with van der Waals surface area (Å²) in [4.78, 5) is 45.9. The summed E-state index contributed by atoms with van der Waals surface area (Å²) < 4.78 is 1.04. The van der Waals surface area contributed by atoms with E-state index in [1.54, 1.807) is 0 Å². The van der Waals surface area contributed by atoms with Gasteiger partial charge >= 0.3 is 0 Å². The Kier molecular flexibility index (Phi) is 2.99. The van der Waals surface area contributed by atoms with Crippen LogP contribution in [0.15, 0.2) is 29.1 Å². The van der Waals surface area contributed by atoms with Crippen molar-refractivity contribution in [2.75, 3.05) is 5.73 Å². The Morgan fingerprint density at radius 2 is 1.87 bits per heavy atom. The molecule has 1 aromatic heterocycles. The Bertz CT molecular complexity index is 960. The standard InChI is InChI=1S/C14H10N4O5/c1-6-4-7(2-3-9(6)18(22)23)17-10(19)5-8-11(12(17)15)14(21)16-13(8)20/h2-5H,15H2,1H3,(H,16,20,21). The maximum atomic E-state index is 12.2. The van der Waals surface area contributed by atoms with Crippen molar-refractivity contribution in [3.63, 3.8) is 0 Å². The molecule has 9 heteroatoms. The number of pyridine rings is 1. The van der Waals surface area contributed by atoms with Gasteiger partial charge in [-0.1, -0.05) is 0 Å². The number of hydrogen-bond acceptors (Lipinski definition) is 6. The Balaban J connectivity index is 2.27. The molecule has 9 nitrogen and oxygen atoms in total. The molecule has 0 saturated heterocycles. The molecule has 0 fully saturated rings. The molecule has 0 aliphatic carbocycles. The average molecular weight is 314 g/mol. The quantitative estimate of drug-likeness (QED) is 0.471. The van der Waals surface area contributed by atoms with Crippen LogP contribution in [0.2, 0.25) is 0 Å². The highest BCUT2D eigenvalue weighted by atomic mass is 16.6. The molecule has 0 saturated carbocycles. The molecule has 3 N–H and O–H groups in total. The van der Waals surface area contributed by atoms with E-state index in [4.69, 9.17) is 5.73 Å². The predicted octanol–water partition coefficient (Wildman–Crippen LogP) is 0.520. The summed E-state index contributed by atoms with van der Waals surface area (Å²) in [6, 6.07) is 5.03. The number of hydrogen-bond donors (Lipinski definition) is 2. The first-order valence-corrected chi connectivity index (χ1v) is 6.48. The first-order chi connectivity index (χ1) is 10.8. The van der Waals surface area contributed by atoms with E-state index in [1.807, 2.05) is 0 Å². The predicted molar refractivity (Wildman–Crippen MR) is 79.6 cm³/mol. The fourth-order valence-electron chi connectivity index (χ4n) is 2.53. The Morgan fingerprint density at radius 3 is 2.48 bits per heavy atom. The molecular weight excluding hydrogens is 304 g/mol. The summed E-state index contributed by atoms with van der Waals surface area (Å²) in [6.45, 7) is 1.52. The number of nitrogens with zero attached hydrogens (tertiary/aromatic N) is 2. The van der Waals surface area contributed by atoms with Gasteiger partial charge in [-0.2, -0.15) is 0 Å². The van der Waals surface area contributed by atoms with E-state index in [0.717, 1.165) is 10.6 Å².